The largest absolute Gasteiger partial charge is 0.378 e. The average Bonchev–Trinajstić information content (AvgIpc) is 2.27. The fourth-order valence-corrected chi connectivity index (χ4v) is 1.67. The van der Waals surface area contributed by atoms with E-state index in [2.05, 4.69) is 30.8 Å². The van der Waals surface area contributed by atoms with Gasteiger partial charge >= 0.3 is 0 Å². The highest BCUT2D eigenvalue weighted by Gasteiger charge is 2.18. The average molecular weight is 223 g/mol. The van der Waals surface area contributed by atoms with E-state index < -0.39 is 0 Å². The standard InChI is InChI=1S/C13H21NO2/c1-13(2,15-3)10-12-7-5-4-6-11(12)8-9-16-14/h4-7H,8-10,14H2,1-3H3. The Kier molecular flexibility index (Phi) is 4.93. The summed E-state index contributed by atoms with van der Waals surface area (Å²) in [4.78, 5) is 4.63. The molecule has 0 bridgehead atoms. The number of ether oxygens (including phenoxy) is 1. The lowest BCUT2D eigenvalue weighted by molar-refractivity contribution is 0.0229. The van der Waals surface area contributed by atoms with Crippen LogP contribution in [0.3, 0.4) is 0 Å². The maximum absolute atomic E-state index is 5.45. The summed E-state index contributed by atoms with van der Waals surface area (Å²) < 4.78 is 5.45. The molecule has 0 aliphatic heterocycles. The van der Waals surface area contributed by atoms with Gasteiger partial charge in [-0.1, -0.05) is 24.3 Å². The number of methoxy groups -OCH3 is 1. The van der Waals surface area contributed by atoms with Gasteiger partial charge in [-0.2, -0.15) is 0 Å². The van der Waals surface area contributed by atoms with Crippen molar-refractivity contribution in [2.75, 3.05) is 13.7 Å². The zero-order valence-corrected chi connectivity index (χ0v) is 10.3. The molecule has 1 rings (SSSR count). The minimum atomic E-state index is -0.139. The summed E-state index contributed by atoms with van der Waals surface area (Å²) in [6, 6.07) is 8.33. The number of rotatable bonds is 6. The van der Waals surface area contributed by atoms with Crippen LogP contribution >= 0.6 is 0 Å². The summed E-state index contributed by atoms with van der Waals surface area (Å²) in [5.41, 5.74) is 2.43. The van der Waals surface area contributed by atoms with E-state index in [0.717, 1.165) is 12.8 Å². The predicted molar refractivity (Wildman–Crippen MR) is 65.1 cm³/mol. The Morgan fingerprint density at radius 3 is 2.38 bits per heavy atom. The van der Waals surface area contributed by atoms with Gasteiger partial charge in [-0.05, 0) is 31.4 Å². The molecular weight excluding hydrogens is 202 g/mol. The van der Waals surface area contributed by atoms with Gasteiger partial charge in [-0.25, -0.2) is 5.90 Å². The molecule has 1 aromatic rings. The molecule has 2 N–H and O–H groups in total. The molecule has 0 unspecified atom stereocenters. The summed E-state index contributed by atoms with van der Waals surface area (Å²) in [5.74, 6) is 5.06. The molecule has 0 aliphatic rings. The van der Waals surface area contributed by atoms with Crippen molar-refractivity contribution in [1.29, 1.82) is 0 Å². The zero-order chi connectivity index (χ0) is 12.0. The van der Waals surface area contributed by atoms with Crippen LogP contribution in [-0.4, -0.2) is 19.3 Å². The van der Waals surface area contributed by atoms with Crippen LogP contribution in [0, 0.1) is 0 Å². The first-order valence-corrected chi connectivity index (χ1v) is 5.52. The molecule has 3 nitrogen and oxygen atoms in total. The molecule has 0 amide bonds. The Labute approximate surface area is 97.5 Å². The van der Waals surface area contributed by atoms with Crippen molar-refractivity contribution in [3.8, 4) is 0 Å². The minimum Gasteiger partial charge on any atom is -0.378 e. The molecule has 0 atom stereocenters. The number of benzene rings is 1. The lowest BCUT2D eigenvalue weighted by Crippen LogP contribution is -2.26. The lowest BCUT2D eigenvalue weighted by Gasteiger charge is -2.24. The number of hydrogen-bond donors (Lipinski definition) is 1. The van der Waals surface area contributed by atoms with Gasteiger partial charge in [0.25, 0.3) is 0 Å². The van der Waals surface area contributed by atoms with Gasteiger partial charge in [0.1, 0.15) is 0 Å². The quantitative estimate of drug-likeness (QED) is 0.751. The molecule has 0 spiro atoms. The van der Waals surface area contributed by atoms with Crippen molar-refractivity contribution in [2.24, 2.45) is 5.90 Å². The molecule has 90 valence electrons. The summed E-state index contributed by atoms with van der Waals surface area (Å²) in [6.07, 6.45) is 1.73. The van der Waals surface area contributed by atoms with Gasteiger partial charge in [0.15, 0.2) is 0 Å². The van der Waals surface area contributed by atoms with Crippen LogP contribution in [0.25, 0.3) is 0 Å². The summed E-state index contributed by atoms with van der Waals surface area (Å²) in [6.45, 7) is 4.72. The maximum atomic E-state index is 5.45. The van der Waals surface area contributed by atoms with Gasteiger partial charge in [0, 0.05) is 13.5 Å². The van der Waals surface area contributed by atoms with Crippen LogP contribution in [0.1, 0.15) is 25.0 Å². The van der Waals surface area contributed by atoms with Gasteiger partial charge in [0.05, 0.1) is 12.2 Å². The van der Waals surface area contributed by atoms with Crippen molar-refractivity contribution in [3.05, 3.63) is 35.4 Å². The molecule has 1 aromatic carbocycles. The summed E-state index contributed by atoms with van der Waals surface area (Å²) in [7, 11) is 1.74. The zero-order valence-electron chi connectivity index (χ0n) is 10.3. The second-order valence-corrected chi connectivity index (χ2v) is 4.53. The van der Waals surface area contributed by atoms with Crippen molar-refractivity contribution >= 4 is 0 Å². The van der Waals surface area contributed by atoms with Crippen molar-refractivity contribution in [1.82, 2.24) is 0 Å². The van der Waals surface area contributed by atoms with Gasteiger partial charge < -0.3 is 9.57 Å². The fourth-order valence-electron chi connectivity index (χ4n) is 1.67. The van der Waals surface area contributed by atoms with E-state index in [1.807, 2.05) is 12.1 Å². The van der Waals surface area contributed by atoms with Gasteiger partial charge in [-0.3, -0.25) is 0 Å². The Morgan fingerprint density at radius 1 is 1.19 bits per heavy atom. The molecule has 0 radical (unpaired) electrons. The van der Waals surface area contributed by atoms with Crippen molar-refractivity contribution in [3.63, 3.8) is 0 Å². The van der Waals surface area contributed by atoms with Crippen LogP contribution in [0.2, 0.25) is 0 Å². The Bertz CT molecular complexity index is 323. The SMILES string of the molecule is COC(C)(C)Cc1ccccc1CCON. The number of nitrogens with two attached hydrogens (primary N) is 1. The molecule has 16 heavy (non-hydrogen) atoms. The highest BCUT2D eigenvalue weighted by molar-refractivity contribution is 5.28. The normalized spacial score (nSPS) is 11.8. The Balaban J connectivity index is 2.78. The second-order valence-electron chi connectivity index (χ2n) is 4.53. The summed E-state index contributed by atoms with van der Waals surface area (Å²) >= 11 is 0. The van der Waals surface area contributed by atoms with Crippen LogP contribution in [-0.2, 0) is 22.4 Å². The Morgan fingerprint density at radius 2 is 1.81 bits per heavy atom. The van der Waals surface area contributed by atoms with E-state index in [1.165, 1.54) is 11.1 Å². The predicted octanol–water partition coefficient (Wildman–Crippen LogP) is 2.09. The van der Waals surface area contributed by atoms with E-state index in [-0.39, 0.29) is 5.60 Å². The van der Waals surface area contributed by atoms with Crippen LogP contribution < -0.4 is 5.90 Å². The molecule has 0 saturated heterocycles. The third kappa shape index (κ3) is 3.93. The van der Waals surface area contributed by atoms with E-state index in [4.69, 9.17) is 10.6 Å². The van der Waals surface area contributed by atoms with E-state index >= 15 is 0 Å². The first-order chi connectivity index (χ1) is 7.59. The number of hydrogen-bond acceptors (Lipinski definition) is 3. The van der Waals surface area contributed by atoms with E-state index in [0.29, 0.717) is 6.61 Å². The molecule has 0 heterocycles. The van der Waals surface area contributed by atoms with Crippen LogP contribution in [0.4, 0.5) is 0 Å². The molecule has 0 fully saturated rings. The fraction of sp³-hybridized carbons (Fsp3) is 0.538. The minimum absolute atomic E-state index is 0.139. The third-order valence-corrected chi connectivity index (χ3v) is 2.78. The highest BCUT2D eigenvalue weighted by atomic mass is 16.6. The monoisotopic (exact) mass is 223 g/mol. The molecule has 0 saturated carbocycles. The van der Waals surface area contributed by atoms with Gasteiger partial charge in [-0.15, -0.1) is 0 Å². The van der Waals surface area contributed by atoms with Crippen molar-refractivity contribution < 1.29 is 9.57 Å². The second kappa shape index (κ2) is 5.99. The molecule has 0 aromatic heterocycles. The van der Waals surface area contributed by atoms with Gasteiger partial charge in [0.2, 0.25) is 0 Å². The first kappa shape index (κ1) is 13.2. The summed E-state index contributed by atoms with van der Waals surface area (Å²) in [5, 5.41) is 0. The molecule has 0 aliphatic carbocycles. The van der Waals surface area contributed by atoms with E-state index in [1.54, 1.807) is 7.11 Å². The van der Waals surface area contributed by atoms with E-state index in [9.17, 15) is 0 Å². The third-order valence-electron chi connectivity index (χ3n) is 2.78. The molecule has 3 heteroatoms. The van der Waals surface area contributed by atoms with Crippen molar-refractivity contribution in [2.45, 2.75) is 32.3 Å². The highest BCUT2D eigenvalue weighted by Crippen LogP contribution is 2.19. The topological polar surface area (TPSA) is 44.5 Å². The smallest absolute Gasteiger partial charge is 0.0719 e. The molecular formula is C13H21NO2. The maximum Gasteiger partial charge on any atom is 0.0719 e. The van der Waals surface area contributed by atoms with Crippen LogP contribution in [0.15, 0.2) is 24.3 Å². The Hall–Kier alpha value is -0.900. The lowest BCUT2D eigenvalue weighted by atomic mass is 9.93. The first-order valence-electron chi connectivity index (χ1n) is 5.52. The van der Waals surface area contributed by atoms with Crippen LogP contribution in [0.5, 0.6) is 0 Å².